The van der Waals surface area contributed by atoms with Gasteiger partial charge in [-0.25, -0.2) is 4.98 Å². The summed E-state index contributed by atoms with van der Waals surface area (Å²) in [6.45, 7) is 11.3. The van der Waals surface area contributed by atoms with Crippen molar-refractivity contribution in [2.75, 3.05) is 13.1 Å². The highest BCUT2D eigenvalue weighted by molar-refractivity contribution is 7.19. The molecule has 0 aliphatic carbocycles. The van der Waals surface area contributed by atoms with Gasteiger partial charge in [-0.2, -0.15) is 0 Å². The first-order chi connectivity index (χ1) is 13.2. The van der Waals surface area contributed by atoms with E-state index in [1.807, 2.05) is 44.0 Å². The van der Waals surface area contributed by atoms with Gasteiger partial charge in [0.25, 0.3) is 5.56 Å². The molecular weight excluding hydrogens is 392 g/mol. The predicted octanol–water partition coefficient (Wildman–Crippen LogP) is 3.76. The highest BCUT2D eigenvalue weighted by Gasteiger charge is 2.18. The minimum atomic E-state index is -0.268. The van der Waals surface area contributed by atoms with Crippen LogP contribution in [0.5, 0.6) is 0 Å². The Morgan fingerprint density at radius 1 is 1.32 bits per heavy atom. The van der Waals surface area contributed by atoms with Crippen LogP contribution in [0.1, 0.15) is 38.4 Å². The monoisotopic (exact) mass is 418 g/mol. The number of H-pyrrole nitrogens is 1. The van der Waals surface area contributed by atoms with Crippen LogP contribution in [-0.2, 0) is 11.3 Å². The number of likely N-dealkylation sites (N-methyl/N-ethyl adjacent to an activating group) is 1. The van der Waals surface area contributed by atoms with Crippen LogP contribution in [0.3, 0.4) is 0 Å². The lowest BCUT2D eigenvalue weighted by molar-refractivity contribution is -0.123. The quantitative estimate of drug-likeness (QED) is 0.639. The summed E-state index contributed by atoms with van der Waals surface area (Å²) in [5, 5.41) is 5.60. The number of aryl methyl sites for hydroxylation is 1. The zero-order chi connectivity index (χ0) is 20.5. The minimum Gasteiger partial charge on any atom is -0.350 e. The fraction of sp³-hybridized carbons (Fsp3) is 0.450. The molecule has 0 saturated heterocycles. The molecule has 0 atom stereocenters. The number of thiophene rings is 2. The van der Waals surface area contributed by atoms with Gasteiger partial charge in [0.1, 0.15) is 10.7 Å². The Bertz CT molecular complexity index is 1040. The molecule has 0 fully saturated rings. The Labute approximate surface area is 172 Å². The second-order valence-corrected chi connectivity index (χ2v) is 10.00. The molecule has 3 heterocycles. The maximum absolute atomic E-state index is 12.8. The number of aromatic nitrogens is 2. The third-order valence-electron chi connectivity index (χ3n) is 4.20. The minimum absolute atomic E-state index is 0.0377. The molecule has 0 aromatic carbocycles. The molecule has 8 heteroatoms. The summed E-state index contributed by atoms with van der Waals surface area (Å²) < 4.78 is 0. The Balaban J connectivity index is 1.82. The number of nitrogens with one attached hydrogen (secondary N) is 2. The molecular formula is C20H26N4O2S2. The van der Waals surface area contributed by atoms with Crippen molar-refractivity contribution < 1.29 is 4.79 Å². The highest BCUT2D eigenvalue weighted by Crippen LogP contribution is 2.34. The van der Waals surface area contributed by atoms with Crippen molar-refractivity contribution in [1.82, 2.24) is 20.2 Å². The van der Waals surface area contributed by atoms with Crippen LogP contribution in [0.4, 0.5) is 0 Å². The van der Waals surface area contributed by atoms with Gasteiger partial charge in [-0.15, -0.1) is 22.7 Å². The molecule has 28 heavy (non-hydrogen) atoms. The molecule has 3 aromatic heterocycles. The fourth-order valence-corrected chi connectivity index (χ4v) is 4.90. The number of carbonyl (C=O) groups is 1. The smallest absolute Gasteiger partial charge is 0.260 e. The van der Waals surface area contributed by atoms with E-state index in [4.69, 9.17) is 0 Å². The summed E-state index contributed by atoms with van der Waals surface area (Å²) >= 11 is 3.15. The first-order valence-corrected chi connectivity index (χ1v) is 11.0. The van der Waals surface area contributed by atoms with E-state index in [9.17, 15) is 9.59 Å². The van der Waals surface area contributed by atoms with Gasteiger partial charge in [0, 0.05) is 26.2 Å². The number of amides is 1. The third kappa shape index (κ3) is 4.87. The molecule has 0 unspecified atom stereocenters. The Morgan fingerprint density at radius 3 is 2.68 bits per heavy atom. The van der Waals surface area contributed by atoms with Crippen molar-refractivity contribution in [3.63, 3.8) is 0 Å². The maximum Gasteiger partial charge on any atom is 0.260 e. The standard InChI is InChI=1S/C20H26N4O2S2/c1-6-24(10-16(25)23-20(3,4)5)9-15-21-18(26)17-13(11-27-19(17)22-15)14-8-7-12(2)28-14/h7-8,11H,6,9-10H2,1-5H3,(H,23,25)(H,21,22,26). The van der Waals surface area contributed by atoms with Crippen LogP contribution < -0.4 is 10.9 Å². The summed E-state index contributed by atoms with van der Waals surface area (Å²) in [4.78, 5) is 37.5. The molecule has 3 rings (SSSR count). The van der Waals surface area contributed by atoms with Gasteiger partial charge in [0.15, 0.2) is 0 Å². The van der Waals surface area contributed by atoms with Gasteiger partial charge in [-0.1, -0.05) is 6.92 Å². The van der Waals surface area contributed by atoms with Crippen molar-refractivity contribution in [1.29, 1.82) is 0 Å². The first kappa shape index (κ1) is 20.7. The number of carbonyl (C=O) groups excluding carboxylic acids is 1. The molecule has 0 aliphatic rings. The van der Waals surface area contributed by atoms with E-state index in [1.165, 1.54) is 16.2 Å². The maximum atomic E-state index is 12.8. The van der Waals surface area contributed by atoms with E-state index in [1.54, 1.807) is 11.3 Å². The van der Waals surface area contributed by atoms with Crippen LogP contribution in [0.2, 0.25) is 0 Å². The SMILES string of the molecule is CCN(CC(=O)NC(C)(C)C)Cc1nc2scc(-c3ccc(C)s3)c2c(=O)[nH]1. The second kappa shape index (κ2) is 8.14. The van der Waals surface area contributed by atoms with Gasteiger partial charge in [0.2, 0.25) is 5.91 Å². The van der Waals surface area contributed by atoms with Gasteiger partial charge in [-0.3, -0.25) is 14.5 Å². The highest BCUT2D eigenvalue weighted by atomic mass is 32.1. The van der Waals surface area contributed by atoms with E-state index in [2.05, 4.69) is 28.3 Å². The molecule has 150 valence electrons. The largest absolute Gasteiger partial charge is 0.350 e. The number of aromatic amines is 1. The van der Waals surface area contributed by atoms with Crippen LogP contribution in [0, 0.1) is 6.92 Å². The lowest BCUT2D eigenvalue weighted by atomic mass is 10.1. The zero-order valence-corrected chi connectivity index (χ0v) is 18.5. The van der Waals surface area contributed by atoms with Crippen LogP contribution in [0.25, 0.3) is 20.7 Å². The number of hydrogen-bond acceptors (Lipinski definition) is 6. The molecule has 0 bridgehead atoms. The van der Waals surface area contributed by atoms with E-state index >= 15 is 0 Å². The van der Waals surface area contributed by atoms with Crippen LogP contribution in [0.15, 0.2) is 22.3 Å². The number of hydrogen-bond donors (Lipinski definition) is 2. The molecule has 1 amide bonds. The zero-order valence-electron chi connectivity index (χ0n) is 16.9. The second-order valence-electron chi connectivity index (χ2n) is 7.85. The van der Waals surface area contributed by atoms with Crippen molar-refractivity contribution in [3.8, 4) is 10.4 Å². The predicted molar refractivity (Wildman–Crippen MR) is 117 cm³/mol. The van der Waals surface area contributed by atoms with Crippen LogP contribution in [-0.4, -0.2) is 39.4 Å². The summed E-state index contributed by atoms with van der Waals surface area (Å²) in [6, 6.07) is 4.10. The normalized spacial score (nSPS) is 12.1. The lowest BCUT2D eigenvalue weighted by Gasteiger charge is -2.24. The number of rotatable bonds is 6. The average molecular weight is 419 g/mol. The van der Waals surface area contributed by atoms with Crippen molar-refractivity contribution in [2.45, 2.75) is 46.7 Å². The third-order valence-corrected chi connectivity index (χ3v) is 6.11. The molecule has 2 N–H and O–H groups in total. The molecule has 6 nitrogen and oxygen atoms in total. The van der Waals surface area contributed by atoms with Crippen LogP contribution >= 0.6 is 22.7 Å². The Morgan fingerprint density at radius 2 is 2.07 bits per heavy atom. The summed E-state index contributed by atoms with van der Waals surface area (Å²) in [6.07, 6.45) is 0. The van der Waals surface area contributed by atoms with Gasteiger partial charge >= 0.3 is 0 Å². The number of nitrogens with zero attached hydrogens (tertiary/aromatic N) is 2. The summed E-state index contributed by atoms with van der Waals surface area (Å²) in [5.41, 5.74) is 0.544. The molecule has 0 aliphatic heterocycles. The molecule has 3 aromatic rings. The molecule has 0 spiro atoms. The van der Waals surface area contributed by atoms with Gasteiger partial charge < -0.3 is 10.3 Å². The number of fused-ring (bicyclic) bond motifs is 1. The molecule has 0 radical (unpaired) electrons. The van der Waals surface area contributed by atoms with Crippen molar-refractivity contribution >= 4 is 38.8 Å². The average Bonchev–Trinajstić information content (AvgIpc) is 3.18. The summed E-state index contributed by atoms with van der Waals surface area (Å²) in [5.74, 6) is 0.544. The topological polar surface area (TPSA) is 78.1 Å². The Kier molecular flexibility index (Phi) is 6.02. The fourth-order valence-electron chi connectivity index (χ4n) is 2.98. The van der Waals surface area contributed by atoms with E-state index < -0.39 is 0 Å². The molecule has 0 saturated carbocycles. The van der Waals surface area contributed by atoms with Crippen molar-refractivity contribution in [2.24, 2.45) is 0 Å². The van der Waals surface area contributed by atoms with Crippen molar-refractivity contribution in [3.05, 3.63) is 38.6 Å². The first-order valence-electron chi connectivity index (χ1n) is 9.27. The van der Waals surface area contributed by atoms with E-state index in [0.29, 0.717) is 24.3 Å². The van der Waals surface area contributed by atoms with E-state index in [0.717, 1.165) is 15.3 Å². The summed E-state index contributed by atoms with van der Waals surface area (Å²) in [7, 11) is 0. The van der Waals surface area contributed by atoms with E-state index in [-0.39, 0.29) is 23.6 Å². The van der Waals surface area contributed by atoms with Gasteiger partial charge in [0.05, 0.1) is 18.5 Å². The van der Waals surface area contributed by atoms with Gasteiger partial charge in [-0.05, 0) is 46.4 Å². The Hall–Kier alpha value is -2.03. The lowest BCUT2D eigenvalue weighted by Crippen LogP contribution is -2.45.